The highest BCUT2D eigenvalue weighted by molar-refractivity contribution is 7.26. The van der Waals surface area contributed by atoms with Gasteiger partial charge in [-0.15, -0.1) is 22.7 Å². The summed E-state index contributed by atoms with van der Waals surface area (Å²) in [5.74, 6) is 0.731. The Labute approximate surface area is 292 Å². The van der Waals surface area contributed by atoms with Gasteiger partial charge in [-0.05, 0) is 41.0 Å². The molecule has 5 heteroatoms. The minimum absolute atomic E-state index is 0.252. The van der Waals surface area contributed by atoms with E-state index >= 15 is 0 Å². The molecule has 0 bridgehead atoms. The molecule has 10 rings (SSSR count). The van der Waals surface area contributed by atoms with Gasteiger partial charge in [-0.25, -0.2) is 15.0 Å². The number of rotatable bonds is 4. The smallest absolute Gasteiger partial charge is 0.160 e. The van der Waals surface area contributed by atoms with Crippen molar-refractivity contribution in [3.63, 3.8) is 0 Å². The minimum atomic E-state index is -0.252. The van der Waals surface area contributed by atoms with E-state index in [4.69, 9.17) is 15.0 Å². The van der Waals surface area contributed by atoms with Gasteiger partial charge in [0.25, 0.3) is 0 Å². The first kappa shape index (κ1) is 28.5. The quantitative estimate of drug-likeness (QED) is 0.188. The van der Waals surface area contributed by atoms with E-state index < -0.39 is 0 Å². The molecule has 9 aromatic rings. The number of benzene rings is 6. The molecule has 0 unspecified atom stereocenters. The van der Waals surface area contributed by atoms with Crippen LogP contribution in [0.4, 0.5) is 0 Å². The van der Waals surface area contributed by atoms with Gasteiger partial charge in [0, 0.05) is 53.4 Å². The third-order valence-corrected chi connectivity index (χ3v) is 12.2. The van der Waals surface area contributed by atoms with Crippen molar-refractivity contribution in [3.05, 3.63) is 151 Å². The molecule has 0 N–H and O–H groups in total. The fourth-order valence-electron chi connectivity index (χ4n) is 7.52. The van der Waals surface area contributed by atoms with Crippen molar-refractivity contribution >= 4 is 53.1 Å². The summed E-state index contributed by atoms with van der Waals surface area (Å²) in [4.78, 5) is 15.6. The normalized spacial score (nSPS) is 13.3. The van der Waals surface area contributed by atoms with Gasteiger partial charge < -0.3 is 0 Å². The fraction of sp³-hybridized carbons (Fsp3) is 0.0682. The molecule has 1 aliphatic rings. The third kappa shape index (κ3) is 4.43. The van der Waals surface area contributed by atoms with E-state index in [-0.39, 0.29) is 5.41 Å². The molecule has 0 fully saturated rings. The Morgan fingerprint density at radius 2 is 1.16 bits per heavy atom. The lowest BCUT2D eigenvalue weighted by atomic mass is 9.80. The van der Waals surface area contributed by atoms with E-state index in [1.54, 1.807) is 11.3 Å². The first-order chi connectivity index (χ1) is 24.0. The van der Waals surface area contributed by atoms with E-state index in [0.717, 1.165) is 44.4 Å². The molecule has 3 aromatic heterocycles. The van der Waals surface area contributed by atoms with Gasteiger partial charge in [0.15, 0.2) is 5.82 Å². The molecule has 0 spiro atoms. The highest BCUT2D eigenvalue weighted by Gasteiger charge is 2.40. The second kappa shape index (κ2) is 10.8. The second-order valence-electron chi connectivity index (χ2n) is 13.2. The predicted molar refractivity (Wildman–Crippen MR) is 207 cm³/mol. The maximum atomic E-state index is 5.41. The zero-order valence-electron chi connectivity index (χ0n) is 26.9. The standard InChI is InChI=1S/C44H29N3S2/c1-44(2)34-17-5-3-14-33(34)40-38(44)39(46-42(47-40)26-21-23-27(24-22-26)43-45-35-18-6-8-20-37(35)49-43)29-12-9-11-28(25-29)30-15-10-16-32-31-13-4-7-19-36(31)48-41(30)32/h3-25H,1-2H3. The van der Waals surface area contributed by atoms with Crippen LogP contribution in [0.1, 0.15) is 25.0 Å². The second-order valence-corrected chi connectivity index (χ2v) is 15.3. The maximum Gasteiger partial charge on any atom is 0.160 e. The Balaban J connectivity index is 1.14. The van der Waals surface area contributed by atoms with E-state index in [1.165, 1.54) is 52.7 Å². The topological polar surface area (TPSA) is 38.7 Å². The van der Waals surface area contributed by atoms with Gasteiger partial charge >= 0.3 is 0 Å². The highest BCUT2D eigenvalue weighted by atomic mass is 32.1. The van der Waals surface area contributed by atoms with Crippen molar-refractivity contribution in [1.29, 1.82) is 0 Å². The Hall–Kier alpha value is -5.49. The molecule has 0 amide bonds. The van der Waals surface area contributed by atoms with Crippen LogP contribution < -0.4 is 0 Å². The van der Waals surface area contributed by atoms with E-state index in [0.29, 0.717) is 0 Å². The first-order valence-corrected chi connectivity index (χ1v) is 18.2. The molecule has 0 saturated carbocycles. The number of nitrogens with zero attached hydrogens (tertiary/aromatic N) is 3. The van der Waals surface area contributed by atoms with E-state index in [9.17, 15) is 0 Å². The van der Waals surface area contributed by atoms with Crippen LogP contribution in [-0.2, 0) is 5.41 Å². The van der Waals surface area contributed by atoms with Crippen LogP contribution in [0.25, 0.3) is 86.0 Å². The summed E-state index contributed by atoms with van der Waals surface area (Å²) >= 11 is 3.59. The van der Waals surface area contributed by atoms with Gasteiger partial charge in [-0.1, -0.05) is 129 Å². The zero-order chi connectivity index (χ0) is 32.7. The predicted octanol–water partition coefficient (Wildman–Crippen LogP) is 12.4. The lowest BCUT2D eigenvalue weighted by Gasteiger charge is -2.24. The Kier molecular flexibility index (Phi) is 6.26. The number of aromatic nitrogens is 3. The summed E-state index contributed by atoms with van der Waals surface area (Å²) in [7, 11) is 0. The molecule has 0 radical (unpaired) electrons. The maximum absolute atomic E-state index is 5.41. The molecule has 0 aliphatic heterocycles. The van der Waals surface area contributed by atoms with Crippen molar-refractivity contribution < 1.29 is 0 Å². The van der Waals surface area contributed by atoms with Crippen molar-refractivity contribution in [1.82, 2.24) is 15.0 Å². The third-order valence-electron chi connectivity index (χ3n) is 9.92. The van der Waals surface area contributed by atoms with Crippen LogP contribution in [0.2, 0.25) is 0 Å². The van der Waals surface area contributed by atoms with Crippen molar-refractivity contribution in [2.75, 3.05) is 0 Å². The van der Waals surface area contributed by atoms with Crippen molar-refractivity contribution in [3.8, 4) is 55.6 Å². The van der Waals surface area contributed by atoms with Crippen LogP contribution in [0.15, 0.2) is 140 Å². The molecule has 0 saturated heterocycles. The molecular formula is C44H29N3S2. The first-order valence-electron chi connectivity index (χ1n) is 16.5. The number of hydrogen-bond donors (Lipinski definition) is 0. The summed E-state index contributed by atoms with van der Waals surface area (Å²) in [6.45, 7) is 4.61. The number of fused-ring (bicyclic) bond motifs is 7. The molecular weight excluding hydrogens is 635 g/mol. The zero-order valence-corrected chi connectivity index (χ0v) is 28.6. The monoisotopic (exact) mass is 663 g/mol. The van der Waals surface area contributed by atoms with Crippen LogP contribution in [-0.4, -0.2) is 15.0 Å². The van der Waals surface area contributed by atoms with Crippen molar-refractivity contribution in [2.24, 2.45) is 0 Å². The summed E-state index contributed by atoms with van der Waals surface area (Å²) in [6.07, 6.45) is 0. The molecule has 1 aliphatic carbocycles. The van der Waals surface area contributed by atoms with Crippen LogP contribution >= 0.6 is 22.7 Å². The fourth-order valence-corrected chi connectivity index (χ4v) is 9.73. The van der Waals surface area contributed by atoms with E-state index in [2.05, 4.69) is 147 Å². The van der Waals surface area contributed by atoms with Crippen LogP contribution in [0.5, 0.6) is 0 Å². The summed E-state index contributed by atoms with van der Waals surface area (Å²) in [6, 6.07) is 49.9. The molecule has 0 atom stereocenters. The summed E-state index contributed by atoms with van der Waals surface area (Å²) < 4.78 is 3.82. The van der Waals surface area contributed by atoms with Crippen molar-refractivity contribution in [2.45, 2.75) is 19.3 Å². The van der Waals surface area contributed by atoms with Gasteiger partial charge in [0.1, 0.15) is 5.01 Å². The van der Waals surface area contributed by atoms with Gasteiger partial charge in [-0.2, -0.15) is 0 Å². The SMILES string of the molecule is CC1(C)c2ccccc2-c2nc(-c3ccc(-c4nc5ccccc5s4)cc3)nc(-c3cccc(-c4cccc5c4sc4ccccc45)c3)c21. The summed E-state index contributed by atoms with van der Waals surface area (Å²) in [5.41, 5.74) is 12.1. The Bertz CT molecular complexity index is 2720. The van der Waals surface area contributed by atoms with Crippen LogP contribution in [0, 0.1) is 0 Å². The average molecular weight is 664 g/mol. The molecule has 232 valence electrons. The number of hydrogen-bond acceptors (Lipinski definition) is 5. The molecule has 3 nitrogen and oxygen atoms in total. The van der Waals surface area contributed by atoms with Gasteiger partial charge in [-0.3, -0.25) is 0 Å². The lowest BCUT2D eigenvalue weighted by Crippen LogP contribution is -2.17. The minimum Gasteiger partial charge on any atom is -0.236 e. The molecule has 3 heterocycles. The van der Waals surface area contributed by atoms with Gasteiger partial charge in [0.2, 0.25) is 0 Å². The Morgan fingerprint density at radius 3 is 2.04 bits per heavy atom. The van der Waals surface area contributed by atoms with E-state index in [1.807, 2.05) is 17.4 Å². The average Bonchev–Trinajstić information content (AvgIpc) is 3.82. The largest absolute Gasteiger partial charge is 0.236 e. The lowest BCUT2D eigenvalue weighted by molar-refractivity contribution is 0.658. The molecule has 49 heavy (non-hydrogen) atoms. The van der Waals surface area contributed by atoms with Gasteiger partial charge in [0.05, 0.1) is 21.6 Å². The highest BCUT2D eigenvalue weighted by Crippen LogP contribution is 2.52. The molecule has 6 aromatic carbocycles. The Morgan fingerprint density at radius 1 is 0.490 bits per heavy atom. The number of thiophene rings is 1. The van der Waals surface area contributed by atoms with Crippen LogP contribution in [0.3, 0.4) is 0 Å². The number of thiazole rings is 1. The summed E-state index contributed by atoms with van der Waals surface area (Å²) in [5, 5.41) is 3.64. The number of para-hydroxylation sites is 1.